The molecule has 5 heteroatoms. The Bertz CT molecular complexity index is 238. The first kappa shape index (κ1) is 8.34. The van der Waals surface area contributed by atoms with E-state index in [0.717, 1.165) is 12.8 Å². The summed E-state index contributed by atoms with van der Waals surface area (Å²) in [6.07, 6.45) is 2.15. The Hall–Kier alpha value is -1.26. The van der Waals surface area contributed by atoms with Crippen molar-refractivity contribution < 1.29 is 9.59 Å². The first-order valence-corrected chi connectivity index (χ1v) is 4.58. The standard InChI is InChI=1S/C8H13N3O2/c12-7-5-11(4-3-9-7)8(13)10-6-1-2-6/h6H,1-5H2,(H,9,12)(H,10,13). The van der Waals surface area contributed by atoms with Crippen LogP contribution in [-0.4, -0.2) is 42.5 Å². The van der Waals surface area contributed by atoms with Crippen molar-refractivity contribution in [3.8, 4) is 0 Å². The van der Waals surface area contributed by atoms with Crippen molar-refractivity contribution in [1.82, 2.24) is 15.5 Å². The number of hydrogen-bond acceptors (Lipinski definition) is 2. The van der Waals surface area contributed by atoms with Gasteiger partial charge in [-0.1, -0.05) is 0 Å². The van der Waals surface area contributed by atoms with E-state index in [1.165, 1.54) is 0 Å². The lowest BCUT2D eigenvalue weighted by Crippen LogP contribution is -2.53. The summed E-state index contributed by atoms with van der Waals surface area (Å²) in [4.78, 5) is 23.9. The molecular formula is C8H13N3O2. The molecule has 72 valence electrons. The van der Waals surface area contributed by atoms with Crippen LogP contribution in [0.1, 0.15) is 12.8 Å². The Labute approximate surface area is 76.5 Å². The average molecular weight is 183 g/mol. The molecule has 1 aliphatic heterocycles. The first-order valence-electron chi connectivity index (χ1n) is 4.58. The van der Waals surface area contributed by atoms with E-state index < -0.39 is 0 Å². The van der Waals surface area contributed by atoms with E-state index in [-0.39, 0.29) is 18.5 Å². The molecule has 0 aromatic carbocycles. The van der Waals surface area contributed by atoms with Crippen molar-refractivity contribution in [2.45, 2.75) is 18.9 Å². The molecule has 0 spiro atoms. The van der Waals surface area contributed by atoms with Crippen LogP contribution in [0, 0.1) is 0 Å². The molecule has 1 saturated carbocycles. The largest absolute Gasteiger partial charge is 0.353 e. The number of piperazine rings is 1. The number of nitrogens with zero attached hydrogens (tertiary/aromatic N) is 1. The second-order valence-corrected chi connectivity index (χ2v) is 3.50. The monoisotopic (exact) mass is 183 g/mol. The minimum absolute atomic E-state index is 0.0720. The van der Waals surface area contributed by atoms with Gasteiger partial charge in [0.1, 0.15) is 6.54 Å². The molecule has 0 atom stereocenters. The number of carbonyl (C=O) groups is 2. The maximum atomic E-state index is 11.4. The van der Waals surface area contributed by atoms with Crippen LogP contribution in [-0.2, 0) is 4.79 Å². The Morgan fingerprint density at radius 2 is 2.31 bits per heavy atom. The maximum absolute atomic E-state index is 11.4. The van der Waals surface area contributed by atoms with Gasteiger partial charge >= 0.3 is 6.03 Å². The Kier molecular flexibility index (Phi) is 2.08. The highest BCUT2D eigenvalue weighted by Crippen LogP contribution is 2.18. The van der Waals surface area contributed by atoms with Gasteiger partial charge in [-0.05, 0) is 12.8 Å². The maximum Gasteiger partial charge on any atom is 0.318 e. The summed E-state index contributed by atoms with van der Waals surface area (Å²) >= 11 is 0. The highest BCUT2D eigenvalue weighted by molar-refractivity contribution is 5.85. The summed E-state index contributed by atoms with van der Waals surface area (Å²) in [6.45, 7) is 1.37. The molecule has 2 N–H and O–H groups in total. The lowest BCUT2D eigenvalue weighted by Gasteiger charge is -2.26. The summed E-state index contributed by atoms with van der Waals surface area (Å²) in [5.74, 6) is -0.0720. The summed E-state index contributed by atoms with van der Waals surface area (Å²) in [6, 6.07) is 0.259. The van der Waals surface area contributed by atoms with Crippen molar-refractivity contribution in [3.05, 3.63) is 0 Å². The number of carbonyl (C=O) groups excluding carboxylic acids is 2. The quantitative estimate of drug-likeness (QED) is 0.564. The van der Waals surface area contributed by atoms with Gasteiger partial charge in [0.05, 0.1) is 0 Å². The van der Waals surface area contributed by atoms with Gasteiger partial charge in [-0.15, -0.1) is 0 Å². The molecule has 13 heavy (non-hydrogen) atoms. The zero-order valence-corrected chi connectivity index (χ0v) is 7.38. The van der Waals surface area contributed by atoms with Crippen molar-refractivity contribution in [2.24, 2.45) is 0 Å². The van der Waals surface area contributed by atoms with Gasteiger partial charge in [-0.2, -0.15) is 0 Å². The molecular weight excluding hydrogens is 170 g/mol. The summed E-state index contributed by atoms with van der Waals surface area (Å²) in [7, 11) is 0. The third kappa shape index (κ3) is 2.11. The van der Waals surface area contributed by atoms with Crippen molar-refractivity contribution in [2.75, 3.05) is 19.6 Å². The Morgan fingerprint density at radius 1 is 1.54 bits per heavy atom. The molecule has 3 amide bonds. The minimum Gasteiger partial charge on any atom is -0.353 e. The van der Waals surface area contributed by atoms with E-state index >= 15 is 0 Å². The Balaban J connectivity index is 1.83. The molecule has 0 radical (unpaired) electrons. The van der Waals surface area contributed by atoms with E-state index in [9.17, 15) is 9.59 Å². The predicted molar refractivity (Wildman–Crippen MR) is 46.1 cm³/mol. The van der Waals surface area contributed by atoms with Crippen LogP contribution in [0.5, 0.6) is 0 Å². The highest BCUT2D eigenvalue weighted by atomic mass is 16.2. The number of amides is 3. The number of nitrogens with one attached hydrogen (secondary N) is 2. The smallest absolute Gasteiger partial charge is 0.318 e. The number of urea groups is 1. The predicted octanol–water partition coefficient (Wildman–Crippen LogP) is -0.710. The fraction of sp³-hybridized carbons (Fsp3) is 0.750. The Morgan fingerprint density at radius 3 is 2.92 bits per heavy atom. The van der Waals surface area contributed by atoms with Crippen molar-refractivity contribution >= 4 is 11.9 Å². The van der Waals surface area contributed by atoms with Crippen LogP contribution < -0.4 is 10.6 Å². The van der Waals surface area contributed by atoms with Gasteiger partial charge in [-0.25, -0.2) is 4.79 Å². The van der Waals surface area contributed by atoms with Gasteiger partial charge < -0.3 is 15.5 Å². The summed E-state index contributed by atoms with van der Waals surface area (Å²) in [5, 5.41) is 5.53. The fourth-order valence-corrected chi connectivity index (χ4v) is 1.31. The van der Waals surface area contributed by atoms with E-state index in [1.54, 1.807) is 4.90 Å². The minimum atomic E-state index is -0.0997. The van der Waals surface area contributed by atoms with E-state index in [0.29, 0.717) is 19.1 Å². The van der Waals surface area contributed by atoms with Crippen LogP contribution in [0.4, 0.5) is 4.79 Å². The molecule has 2 rings (SSSR count). The van der Waals surface area contributed by atoms with Gasteiger partial charge in [0, 0.05) is 19.1 Å². The average Bonchev–Trinajstić information content (AvgIpc) is 2.88. The summed E-state index contributed by atoms with van der Waals surface area (Å²) in [5.41, 5.74) is 0. The van der Waals surface area contributed by atoms with Crippen LogP contribution >= 0.6 is 0 Å². The number of rotatable bonds is 1. The molecule has 0 unspecified atom stereocenters. The molecule has 0 aromatic rings. The molecule has 0 aromatic heterocycles. The van der Waals surface area contributed by atoms with Crippen LogP contribution in [0.15, 0.2) is 0 Å². The lowest BCUT2D eigenvalue weighted by atomic mass is 10.4. The second-order valence-electron chi connectivity index (χ2n) is 3.50. The van der Waals surface area contributed by atoms with Gasteiger partial charge in [0.25, 0.3) is 0 Å². The zero-order chi connectivity index (χ0) is 9.26. The molecule has 2 fully saturated rings. The van der Waals surface area contributed by atoms with E-state index in [4.69, 9.17) is 0 Å². The zero-order valence-electron chi connectivity index (χ0n) is 7.38. The molecule has 5 nitrogen and oxygen atoms in total. The third-order valence-electron chi connectivity index (χ3n) is 2.23. The first-order chi connectivity index (χ1) is 6.25. The van der Waals surface area contributed by atoms with Crippen molar-refractivity contribution in [1.29, 1.82) is 0 Å². The van der Waals surface area contributed by atoms with Crippen LogP contribution in [0.3, 0.4) is 0 Å². The van der Waals surface area contributed by atoms with Gasteiger partial charge in [0.2, 0.25) is 5.91 Å². The van der Waals surface area contributed by atoms with Crippen LogP contribution in [0.25, 0.3) is 0 Å². The highest BCUT2D eigenvalue weighted by Gasteiger charge is 2.27. The molecule has 2 aliphatic rings. The fourth-order valence-electron chi connectivity index (χ4n) is 1.31. The molecule has 1 saturated heterocycles. The van der Waals surface area contributed by atoms with Gasteiger partial charge in [0.15, 0.2) is 0 Å². The second kappa shape index (κ2) is 3.24. The molecule has 1 aliphatic carbocycles. The lowest BCUT2D eigenvalue weighted by molar-refractivity contribution is -0.123. The molecule has 0 bridgehead atoms. The molecule has 1 heterocycles. The van der Waals surface area contributed by atoms with Crippen LogP contribution in [0.2, 0.25) is 0 Å². The SMILES string of the molecule is O=C1CN(C(=O)NC2CC2)CCN1. The summed E-state index contributed by atoms with van der Waals surface area (Å²) < 4.78 is 0. The topological polar surface area (TPSA) is 61.4 Å². The van der Waals surface area contributed by atoms with Gasteiger partial charge in [-0.3, -0.25) is 4.79 Å². The van der Waals surface area contributed by atoms with E-state index in [1.807, 2.05) is 0 Å². The third-order valence-corrected chi connectivity index (χ3v) is 2.23. The number of hydrogen-bond donors (Lipinski definition) is 2. The van der Waals surface area contributed by atoms with Crippen molar-refractivity contribution in [3.63, 3.8) is 0 Å². The normalized spacial score (nSPS) is 22.5. The van der Waals surface area contributed by atoms with E-state index in [2.05, 4.69) is 10.6 Å².